The average molecular weight is 252 g/mol. The Morgan fingerprint density at radius 2 is 1.67 bits per heavy atom. The number of nitrogens with zero attached hydrogens (tertiary/aromatic N) is 2. The molecule has 0 aliphatic carbocycles. The molecule has 4 aliphatic rings. The van der Waals surface area contributed by atoms with Gasteiger partial charge < -0.3 is 9.47 Å². The summed E-state index contributed by atoms with van der Waals surface area (Å²) in [5.41, 5.74) is -0.102. The van der Waals surface area contributed by atoms with Crippen molar-refractivity contribution in [1.29, 1.82) is 0 Å². The van der Waals surface area contributed by atoms with Crippen molar-refractivity contribution in [2.45, 2.75) is 50.0 Å². The molecule has 0 spiro atoms. The van der Waals surface area contributed by atoms with E-state index < -0.39 is 0 Å². The van der Waals surface area contributed by atoms with Crippen molar-refractivity contribution in [3.63, 3.8) is 0 Å². The Labute approximate surface area is 109 Å². The number of rotatable bonds is 3. The van der Waals surface area contributed by atoms with Gasteiger partial charge in [-0.05, 0) is 38.8 Å². The van der Waals surface area contributed by atoms with Crippen LogP contribution in [0.2, 0.25) is 0 Å². The normalized spacial score (nSPS) is 46.0. The van der Waals surface area contributed by atoms with Crippen LogP contribution in [0.15, 0.2) is 0 Å². The van der Waals surface area contributed by atoms with Gasteiger partial charge in [0.2, 0.25) is 0 Å². The third-order valence-corrected chi connectivity index (χ3v) is 5.29. The maximum absolute atomic E-state index is 6.36. The molecule has 0 saturated carbocycles. The number of likely N-dealkylation sites (tertiary alicyclic amines) is 2. The van der Waals surface area contributed by atoms with Gasteiger partial charge in [-0.2, -0.15) is 0 Å². The topological polar surface area (TPSA) is 24.9 Å². The molecule has 0 N–H and O–H groups in total. The molecule has 4 fully saturated rings. The number of hydrogen-bond donors (Lipinski definition) is 0. The zero-order valence-electron chi connectivity index (χ0n) is 11.1. The van der Waals surface area contributed by atoms with Gasteiger partial charge in [-0.3, -0.25) is 9.80 Å². The Morgan fingerprint density at radius 3 is 2.22 bits per heavy atom. The largest absolute Gasteiger partial charge is 0.373 e. The molecule has 4 aliphatic heterocycles. The summed E-state index contributed by atoms with van der Waals surface area (Å²) >= 11 is 0. The molecule has 18 heavy (non-hydrogen) atoms. The second-order valence-corrected chi connectivity index (χ2v) is 6.14. The molecule has 4 rings (SSSR count). The Bertz CT molecular complexity index is 311. The summed E-state index contributed by atoms with van der Waals surface area (Å²) in [4.78, 5) is 5.24. The summed E-state index contributed by atoms with van der Waals surface area (Å²) in [5, 5.41) is 0. The van der Waals surface area contributed by atoms with Crippen LogP contribution in [0.1, 0.15) is 32.1 Å². The van der Waals surface area contributed by atoms with Crippen LogP contribution in [-0.2, 0) is 9.47 Å². The molecule has 102 valence electrons. The number of ether oxygens (including phenoxy) is 2. The summed E-state index contributed by atoms with van der Waals surface area (Å²) in [6.07, 6.45) is 6.70. The quantitative estimate of drug-likeness (QED) is 0.750. The fourth-order valence-corrected chi connectivity index (χ4v) is 4.18. The Morgan fingerprint density at radius 1 is 0.889 bits per heavy atom. The Hall–Kier alpha value is -0.160. The number of hydrogen-bond acceptors (Lipinski definition) is 4. The molecule has 3 unspecified atom stereocenters. The predicted octanol–water partition coefficient (Wildman–Crippen LogP) is 1.06. The van der Waals surface area contributed by atoms with E-state index >= 15 is 0 Å². The second-order valence-electron chi connectivity index (χ2n) is 6.14. The van der Waals surface area contributed by atoms with Crippen molar-refractivity contribution in [2.75, 3.05) is 39.4 Å². The first-order chi connectivity index (χ1) is 8.91. The highest BCUT2D eigenvalue weighted by Gasteiger charge is 2.59. The van der Waals surface area contributed by atoms with Crippen molar-refractivity contribution in [2.24, 2.45) is 0 Å². The molecule has 3 atom stereocenters. The highest BCUT2D eigenvalue weighted by molar-refractivity contribution is 5.07. The van der Waals surface area contributed by atoms with Crippen LogP contribution in [0.25, 0.3) is 0 Å². The minimum absolute atomic E-state index is 0.102. The van der Waals surface area contributed by atoms with Crippen LogP contribution in [0.4, 0.5) is 0 Å². The summed E-state index contributed by atoms with van der Waals surface area (Å²) < 4.78 is 12.2. The van der Waals surface area contributed by atoms with E-state index in [1.54, 1.807) is 0 Å². The molecule has 4 heterocycles. The third-order valence-electron chi connectivity index (χ3n) is 5.29. The molecule has 4 nitrogen and oxygen atoms in total. The molecule has 0 aromatic heterocycles. The second kappa shape index (κ2) is 4.44. The van der Waals surface area contributed by atoms with Crippen LogP contribution in [0.3, 0.4) is 0 Å². The zero-order valence-corrected chi connectivity index (χ0v) is 11.1. The Balaban J connectivity index is 1.63. The highest BCUT2D eigenvalue weighted by Crippen LogP contribution is 2.44. The molecule has 4 heteroatoms. The lowest BCUT2D eigenvalue weighted by Crippen LogP contribution is -2.70. The first kappa shape index (κ1) is 11.6. The van der Waals surface area contributed by atoms with E-state index in [2.05, 4.69) is 9.80 Å². The first-order valence-electron chi connectivity index (χ1n) is 7.66. The van der Waals surface area contributed by atoms with E-state index in [1.165, 1.54) is 58.3 Å². The minimum atomic E-state index is -0.102. The summed E-state index contributed by atoms with van der Waals surface area (Å²) in [6, 6.07) is 0.578. The lowest BCUT2D eigenvalue weighted by molar-refractivity contribution is -0.258. The molecule has 0 aromatic rings. The smallest absolute Gasteiger partial charge is 0.163 e. The lowest BCUT2D eigenvalue weighted by Gasteiger charge is -2.54. The van der Waals surface area contributed by atoms with Crippen LogP contribution < -0.4 is 0 Å². The molecule has 4 saturated heterocycles. The predicted molar refractivity (Wildman–Crippen MR) is 68.4 cm³/mol. The summed E-state index contributed by atoms with van der Waals surface area (Å²) in [5.74, 6) is 0. The fraction of sp³-hybridized carbons (Fsp3) is 1.00. The maximum Gasteiger partial charge on any atom is 0.163 e. The van der Waals surface area contributed by atoms with Gasteiger partial charge in [-0.1, -0.05) is 0 Å². The fourth-order valence-electron chi connectivity index (χ4n) is 4.18. The van der Waals surface area contributed by atoms with Gasteiger partial charge in [0.25, 0.3) is 0 Å². The van der Waals surface area contributed by atoms with Crippen LogP contribution in [0, 0.1) is 0 Å². The van der Waals surface area contributed by atoms with Crippen molar-refractivity contribution in [3.8, 4) is 0 Å². The molecule has 0 bridgehead atoms. The van der Waals surface area contributed by atoms with E-state index in [-0.39, 0.29) is 5.72 Å². The monoisotopic (exact) mass is 252 g/mol. The van der Waals surface area contributed by atoms with Crippen molar-refractivity contribution in [3.05, 3.63) is 0 Å². The zero-order chi connectivity index (χ0) is 12.0. The molecular formula is C14H24N2O2. The van der Waals surface area contributed by atoms with Gasteiger partial charge in [-0.25, -0.2) is 0 Å². The van der Waals surface area contributed by atoms with Crippen molar-refractivity contribution >= 4 is 0 Å². The summed E-state index contributed by atoms with van der Waals surface area (Å²) in [7, 11) is 0. The standard InChI is InChI=1S/C14H24N2O2/c1-2-9-16(8-1)14(13-5-10-17-13)12(4-11-18-14)15-6-3-7-15/h12-13H,1-11H2. The third kappa shape index (κ3) is 1.52. The van der Waals surface area contributed by atoms with Gasteiger partial charge in [0, 0.05) is 26.1 Å². The van der Waals surface area contributed by atoms with Crippen molar-refractivity contribution < 1.29 is 9.47 Å². The minimum Gasteiger partial charge on any atom is -0.373 e. The van der Waals surface area contributed by atoms with Crippen LogP contribution in [0.5, 0.6) is 0 Å². The lowest BCUT2D eigenvalue weighted by atomic mass is 9.88. The molecule has 0 aromatic carbocycles. The van der Waals surface area contributed by atoms with Gasteiger partial charge in [0.15, 0.2) is 5.72 Å². The van der Waals surface area contributed by atoms with Gasteiger partial charge in [-0.15, -0.1) is 0 Å². The van der Waals surface area contributed by atoms with Gasteiger partial charge in [0.1, 0.15) is 6.10 Å². The maximum atomic E-state index is 6.36. The first-order valence-corrected chi connectivity index (χ1v) is 7.66. The van der Waals surface area contributed by atoms with Crippen LogP contribution >= 0.6 is 0 Å². The molecule has 0 radical (unpaired) electrons. The van der Waals surface area contributed by atoms with Gasteiger partial charge in [0.05, 0.1) is 12.6 Å². The average Bonchev–Trinajstić information content (AvgIpc) is 2.82. The van der Waals surface area contributed by atoms with Crippen molar-refractivity contribution in [1.82, 2.24) is 9.80 Å². The van der Waals surface area contributed by atoms with Gasteiger partial charge >= 0.3 is 0 Å². The van der Waals surface area contributed by atoms with E-state index in [4.69, 9.17) is 9.47 Å². The molecular weight excluding hydrogens is 228 g/mol. The molecule has 0 amide bonds. The highest BCUT2D eigenvalue weighted by atomic mass is 16.6. The van der Waals surface area contributed by atoms with E-state index in [9.17, 15) is 0 Å². The summed E-state index contributed by atoms with van der Waals surface area (Å²) in [6.45, 7) is 6.76. The van der Waals surface area contributed by atoms with E-state index in [0.717, 1.165) is 13.2 Å². The van der Waals surface area contributed by atoms with Crippen LogP contribution in [-0.4, -0.2) is 67.1 Å². The SMILES string of the molecule is C1CN(C2CCOC2(C2CCO2)N2CCCC2)C1. The Kier molecular flexibility index (Phi) is 2.87. The van der Waals surface area contributed by atoms with E-state index in [0.29, 0.717) is 12.1 Å². The van der Waals surface area contributed by atoms with E-state index in [1.807, 2.05) is 0 Å².